The van der Waals surface area contributed by atoms with E-state index in [2.05, 4.69) is 21.6 Å². The molecule has 0 spiro atoms. The number of benzene rings is 2. The van der Waals surface area contributed by atoms with Crippen LogP contribution in [-0.2, 0) is 9.59 Å². The summed E-state index contributed by atoms with van der Waals surface area (Å²) in [6, 6.07) is 12.1. The summed E-state index contributed by atoms with van der Waals surface area (Å²) in [7, 11) is 0. The Bertz CT molecular complexity index is 1600. The number of nitrogens with two attached hydrogens (primary N) is 1. The molecule has 3 N–H and O–H groups in total. The van der Waals surface area contributed by atoms with E-state index in [4.69, 9.17) is 17.3 Å². The first kappa shape index (κ1) is 27.8. The summed E-state index contributed by atoms with van der Waals surface area (Å²) in [6.45, 7) is 3.87. The van der Waals surface area contributed by atoms with Gasteiger partial charge in [-0.3, -0.25) is 14.5 Å². The van der Waals surface area contributed by atoms with Crippen LogP contribution in [0.2, 0.25) is 5.02 Å². The first-order valence-corrected chi connectivity index (χ1v) is 14.6. The number of para-hydroxylation sites is 1. The first-order valence-electron chi connectivity index (χ1n) is 12.4. The van der Waals surface area contributed by atoms with Crippen LogP contribution < -0.4 is 16.0 Å². The van der Waals surface area contributed by atoms with Crippen LogP contribution in [0.25, 0.3) is 0 Å². The van der Waals surface area contributed by atoms with E-state index in [1.165, 1.54) is 41.3 Å². The highest BCUT2D eigenvalue weighted by atomic mass is 35.5. The molecule has 2 heterocycles. The van der Waals surface area contributed by atoms with E-state index in [0.717, 1.165) is 16.8 Å². The molecule has 5 rings (SSSR count). The summed E-state index contributed by atoms with van der Waals surface area (Å²) in [5, 5.41) is 22.0. The second-order valence-electron chi connectivity index (χ2n) is 9.41. The van der Waals surface area contributed by atoms with E-state index in [9.17, 15) is 14.9 Å². The van der Waals surface area contributed by atoms with Crippen molar-refractivity contribution in [1.29, 1.82) is 5.26 Å². The minimum Gasteiger partial charge on any atom is -0.384 e. The van der Waals surface area contributed by atoms with Gasteiger partial charge in [0.25, 0.3) is 0 Å². The number of rotatable bonds is 6. The number of allylic oxidation sites excluding steroid dienone is 3. The van der Waals surface area contributed by atoms with Crippen molar-refractivity contribution in [3.05, 3.63) is 86.6 Å². The Balaban J connectivity index is 1.45. The number of hydrogen-bond acceptors (Lipinski definition) is 9. The number of carbonyl (C=O) groups excluding carboxylic acids is 2. The lowest BCUT2D eigenvalue weighted by Crippen LogP contribution is -2.39. The molecule has 0 bridgehead atoms. The van der Waals surface area contributed by atoms with Crippen LogP contribution in [0.4, 0.5) is 15.2 Å². The predicted octanol–water partition coefficient (Wildman–Crippen LogP) is 5.98. The maximum atomic E-state index is 15.1. The van der Waals surface area contributed by atoms with Crippen LogP contribution >= 0.6 is 34.7 Å². The number of aromatic nitrogens is 2. The van der Waals surface area contributed by atoms with E-state index in [1.54, 1.807) is 4.90 Å². The molecule has 0 radical (unpaired) electrons. The molecule has 1 aromatic heterocycles. The molecule has 0 saturated heterocycles. The Kier molecular flexibility index (Phi) is 7.94. The van der Waals surface area contributed by atoms with Crippen LogP contribution in [0.1, 0.15) is 41.9 Å². The molecule has 1 unspecified atom stereocenters. The third kappa shape index (κ3) is 5.10. The number of anilines is 2. The molecule has 3 aromatic rings. The van der Waals surface area contributed by atoms with Gasteiger partial charge in [0.05, 0.1) is 23.3 Å². The predicted molar refractivity (Wildman–Crippen MR) is 155 cm³/mol. The maximum absolute atomic E-state index is 15.1. The summed E-state index contributed by atoms with van der Waals surface area (Å²) in [5.74, 6) is -1.87. The number of nitrogens with one attached hydrogen (secondary N) is 1. The zero-order valence-corrected chi connectivity index (χ0v) is 24.0. The van der Waals surface area contributed by atoms with Crippen molar-refractivity contribution in [2.24, 2.45) is 5.73 Å². The smallest absolute Gasteiger partial charge is 0.234 e. The number of halogens is 2. The average Bonchev–Trinajstić information content (AvgIpc) is 3.38. The normalized spacial score (nSPS) is 17.1. The molecular formula is C28H24ClFN6O2S2. The molecule has 1 amide bonds. The number of ketones is 1. The van der Waals surface area contributed by atoms with Crippen LogP contribution in [0.5, 0.6) is 0 Å². The van der Waals surface area contributed by atoms with Gasteiger partial charge in [0.2, 0.25) is 11.0 Å². The lowest BCUT2D eigenvalue weighted by Gasteiger charge is -2.38. The summed E-state index contributed by atoms with van der Waals surface area (Å²) < 4.78 is 15.6. The van der Waals surface area contributed by atoms with Crippen LogP contribution in [0, 0.1) is 31.0 Å². The van der Waals surface area contributed by atoms with Gasteiger partial charge in [0.1, 0.15) is 11.6 Å². The van der Waals surface area contributed by atoms with Gasteiger partial charge in [-0.05, 0) is 49.9 Å². The molecule has 1 aliphatic carbocycles. The van der Waals surface area contributed by atoms with Crippen molar-refractivity contribution < 1.29 is 14.0 Å². The van der Waals surface area contributed by atoms with E-state index >= 15 is 4.39 Å². The Morgan fingerprint density at radius 2 is 1.98 bits per heavy atom. The second kappa shape index (κ2) is 11.4. The Morgan fingerprint density at radius 3 is 2.67 bits per heavy atom. The molecule has 8 nitrogen and oxygen atoms in total. The molecule has 2 aromatic carbocycles. The van der Waals surface area contributed by atoms with Crippen molar-refractivity contribution >= 4 is 57.2 Å². The topological polar surface area (TPSA) is 125 Å². The fraction of sp³-hybridized carbons (Fsp3) is 0.250. The minimum atomic E-state index is -1.02. The lowest BCUT2D eigenvalue weighted by molar-refractivity contribution is -0.116. The molecule has 0 fully saturated rings. The van der Waals surface area contributed by atoms with Gasteiger partial charge in [0, 0.05) is 34.0 Å². The van der Waals surface area contributed by atoms with Crippen molar-refractivity contribution in [3.63, 3.8) is 0 Å². The van der Waals surface area contributed by atoms with Gasteiger partial charge >= 0.3 is 0 Å². The lowest BCUT2D eigenvalue weighted by atomic mass is 9.75. The summed E-state index contributed by atoms with van der Waals surface area (Å²) in [4.78, 5) is 27.5. The van der Waals surface area contributed by atoms with Gasteiger partial charge in [0.15, 0.2) is 10.1 Å². The number of nitrogens with zero attached hydrogens (tertiary/aromatic N) is 4. The molecule has 2 aliphatic rings. The SMILES string of the molecule is Cc1cccc(C)c1NC(=O)CSc1nnc(N2C(N)=C(C#N)C(c3c(F)cccc3Cl)C3=C2CCCC3=O)s1. The Morgan fingerprint density at radius 1 is 1.25 bits per heavy atom. The highest BCUT2D eigenvalue weighted by Crippen LogP contribution is 2.49. The molecule has 12 heteroatoms. The highest BCUT2D eigenvalue weighted by molar-refractivity contribution is 8.01. The third-order valence-corrected chi connectivity index (χ3v) is 9.23. The van der Waals surface area contributed by atoms with Crippen molar-refractivity contribution in [1.82, 2.24) is 10.2 Å². The van der Waals surface area contributed by atoms with Crippen LogP contribution in [0.3, 0.4) is 0 Å². The molecule has 0 saturated carbocycles. The molecular weight excluding hydrogens is 571 g/mol. The number of aryl methyl sites for hydroxylation is 2. The fourth-order valence-electron chi connectivity index (χ4n) is 5.05. The molecule has 1 aliphatic heterocycles. The third-order valence-electron chi connectivity index (χ3n) is 6.86. The first-order chi connectivity index (χ1) is 19.2. The second-order valence-corrected chi connectivity index (χ2v) is 12.0. The quantitative estimate of drug-likeness (QED) is 0.334. The standard InChI is InChI=1S/C28H24ClFN6O2S2/c1-14-6-3-7-15(2)25(14)33-21(38)13-39-28-35-34-27(40-28)36-19-10-5-11-20(37)24(19)22(16(12-31)26(36)32)23-17(29)8-4-9-18(23)30/h3-4,6-9,22H,5,10-11,13,32H2,1-2H3,(H,33,38). The van der Waals surface area contributed by atoms with Crippen LogP contribution in [0.15, 0.2) is 63.4 Å². The van der Waals surface area contributed by atoms with Gasteiger partial charge in [-0.25, -0.2) is 4.39 Å². The average molecular weight is 595 g/mol. The fourth-order valence-corrected chi connectivity index (χ4v) is 7.00. The van der Waals surface area contributed by atoms with Gasteiger partial charge in [-0.1, -0.05) is 59.0 Å². The van der Waals surface area contributed by atoms with Crippen LogP contribution in [-0.4, -0.2) is 27.6 Å². The van der Waals surface area contributed by atoms with Crippen molar-refractivity contribution in [3.8, 4) is 6.07 Å². The largest absolute Gasteiger partial charge is 0.384 e. The number of nitriles is 1. The summed E-state index contributed by atoms with van der Waals surface area (Å²) >= 11 is 8.79. The van der Waals surface area contributed by atoms with Gasteiger partial charge in [-0.2, -0.15) is 5.26 Å². The summed E-state index contributed by atoms with van der Waals surface area (Å²) in [6.07, 6.45) is 1.31. The van der Waals surface area contributed by atoms with E-state index in [0.29, 0.717) is 33.6 Å². The monoisotopic (exact) mass is 594 g/mol. The number of Topliss-reactive ketones (excluding diaryl/α,β-unsaturated/α-hetero) is 1. The number of hydrogen-bond donors (Lipinski definition) is 2. The Labute approximate surface area is 243 Å². The summed E-state index contributed by atoms with van der Waals surface area (Å²) in [5.41, 5.74) is 10.2. The highest BCUT2D eigenvalue weighted by Gasteiger charge is 2.43. The van der Waals surface area contributed by atoms with Crippen molar-refractivity contribution in [2.75, 3.05) is 16.0 Å². The number of amides is 1. The van der Waals surface area contributed by atoms with E-state index in [-0.39, 0.29) is 45.8 Å². The van der Waals surface area contributed by atoms with Crippen molar-refractivity contribution in [2.45, 2.75) is 43.4 Å². The van der Waals surface area contributed by atoms with E-state index in [1.807, 2.05) is 32.0 Å². The number of carbonyl (C=O) groups is 2. The molecule has 204 valence electrons. The minimum absolute atomic E-state index is 0.0124. The van der Waals surface area contributed by atoms with Gasteiger partial charge < -0.3 is 11.1 Å². The zero-order chi connectivity index (χ0) is 28.6. The van der Waals surface area contributed by atoms with Gasteiger partial charge in [-0.15, -0.1) is 10.2 Å². The number of thioether (sulfide) groups is 1. The van der Waals surface area contributed by atoms with E-state index < -0.39 is 11.7 Å². The maximum Gasteiger partial charge on any atom is 0.234 e. The zero-order valence-electron chi connectivity index (χ0n) is 21.6. The Hall–Kier alpha value is -3.72. The molecule has 1 atom stereocenters. The molecule has 40 heavy (non-hydrogen) atoms.